The van der Waals surface area contributed by atoms with Gasteiger partial charge in [-0.2, -0.15) is 0 Å². The van der Waals surface area contributed by atoms with Gasteiger partial charge in [0.2, 0.25) is 0 Å². The average molecular weight is 372 g/mol. The number of thioether (sulfide) groups is 1. The predicted octanol–water partition coefficient (Wildman–Crippen LogP) is 4.53. The van der Waals surface area contributed by atoms with E-state index in [4.69, 9.17) is 4.52 Å². The minimum absolute atomic E-state index is 0.120. The van der Waals surface area contributed by atoms with Crippen LogP contribution in [0.15, 0.2) is 27.9 Å². The first kappa shape index (κ1) is 17.6. The van der Waals surface area contributed by atoms with Crippen LogP contribution >= 0.6 is 11.8 Å². The lowest BCUT2D eigenvalue weighted by atomic mass is 9.72. The van der Waals surface area contributed by atoms with Crippen LogP contribution in [-0.4, -0.2) is 33.0 Å². The lowest BCUT2D eigenvalue weighted by Gasteiger charge is -2.55. The molecular weight excluding hydrogens is 346 g/mol. The number of rotatable bonds is 4. The van der Waals surface area contributed by atoms with Gasteiger partial charge in [-0.1, -0.05) is 24.4 Å². The molecule has 1 aliphatic heterocycles. The number of amides is 1. The zero-order valence-corrected chi connectivity index (χ0v) is 16.3. The van der Waals surface area contributed by atoms with Crippen molar-refractivity contribution in [2.24, 2.45) is 0 Å². The number of nitrogens with zero attached hydrogens (tertiary/aromatic N) is 3. The zero-order valence-electron chi connectivity index (χ0n) is 15.5. The molecule has 1 saturated carbocycles. The first-order valence-electron chi connectivity index (χ1n) is 9.42. The Kier molecular flexibility index (Phi) is 4.78. The van der Waals surface area contributed by atoms with E-state index in [9.17, 15) is 4.79 Å². The van der Waals surface area contributed by atoms with E-state index in [0.29, 0.717) is 5.75 Å². The van der Waals surface area contributed by atoms with Gasteiger partial charge < -0.3 is 9.42 Å². The van der Waals surface area contributed by atoms with E-state index in [1.165, 1.54) is 19.3 Å². The van der Waals surface area contributed by atoms with Crippen LogP contribution < -0.4 is 0 Å². The van der Waals surface area contributed by atoms with Crippen LogP contribution in [0.3, 0.4) is 0 Å². The van der Waals surface area contributed by atoms with Gasteiger partial charge in [0, 0.05) is 29.6 Å². The van der Waals surface area contributed by atoms with Crippen molar-refractivity contribution in [2.75, 3.05) is 6.54 Å². The third kappa shape index (κ3) is 3.04. The summed E-state index contributed by atoms with van der Waals surface area (Å²) in [5.74, 6) is 1.69. The summed E-state index contributed by atoms with van der Waals surface area (Å²) in [7, 11) is 0. The molecular formula is C20H25N3O2S. The summed E-state index contributed by atoms with van der Waals surface area (Å²) >= 11 is 1.59. The number of carbonyl (C=O) groups excluding carboxylic acids is 1. The van der Waals surface area contributed by atoms with Gasteiger partial charge >= 0.3 is 0 Å². The molecule has 0 aromatic carbocycles. The molecule has 1 saturated heterocycles. The number of likely N-dealkylation sites (tertiary alicyclic amines) is 1. The molecule has 1 spiro atoms. The van der Waals surface area contributed by atoms with Gasteiger partial charge in [-0.3, -0.25) is 4.79 Å². The Balaban J connectivity index is 1.53. The van der Waals surface area contributed by atoms with Crippen molar-refractivity contribution in [3.63, 3.8) is 0 Å². The van der Waals surface area contributed by atoms with Crippen molar-refractivity contribution in [2.45, 2.75) is 68.7 Å². The highest BCUT2D eigenvalue weighted by molar-refractivity contribution is 7.98. The number of hydrogen-bond donors (Lipinski definition) is 0. The largest absolute Gasteiger partial charge is 0.361 e. The van der Waals surface area contributed by atoms with Crippen LogP contribution in [0.25, 0.3) is 0 Å². The Labute approximate surface area is 158 Å². The van der Waals surface area contributed by atoms with Crippen LogP contribution in [0.1, 0.15) is 65.9 Å². The van der Waals surface area contributed by atoms with Crippen molar-refractivity contribution >= 4 is 17.7 Å². The zero-order chi connectivity index (χ0) is 18.1. The van der Waals surface area contributed by atoms with Gasteiger partial charge in [0.1, 0.15) is 10.8 Å². The van der Waals surface area contributed by atoms with Crippen LogP contribution in [-0.2, 0) is 5.75 Å². The fourth-order valence-corrected chi connectivity index (χ4v) is 5.39. The number of hydrogen-bond acceptors (Lipinski definition) is 5. The van der Waals surface area contributed by atoms with Gasteiger partial charge in [0.25, 0.3) is 5.91 Å². The van der Waals surface area contributed by atoms with Crippen LogP contribution in [0.2, 0.25) is 0 Å². The second-order valence-corrected chi connectivity index (χ2v) is 8.40. The molecule has 2 aromatic rings. The lowest BCUT2D eigenvalue weighted by molar-refractivity contribution is -0.0236. The van der Waals surface area contributed by atoms with Crippen LogP contribution in [0, 0.1) is 13.8 Å². The smallest absolute Gasteiger partial charge is 0.257 e. The molecule has 0 radical (unpaired) electrons. The number of aryl methyl sites for hydroxylation is 2. The number of aromatic nitrogens is 2. The summed E-state index contributed by atoms with van der Waals surface area (Å²) in [6, 6.07) is 3.78. The molecule has 0 bridgehead atoms. The van der Waals surface area contributed by atoms with Crippen molar-refractivity contribution in [1.29, 1.82) is 0 Å². The van der Waals surface area contributed by atoms with Crippen molar-refractivity contribution in [3.8, 4) is 0 Å². The number of pyridine rings is 1. The molecule has 5 nitrogen and oxygen atoms in total. The van der Waals surface area contributed by atoms with Gasteiger partial charge in [-0.05, 0) is 45.2 Å². The molecule has 0 atom stereocenters. The molecule has 4 rings (SSSR count). The summed E-state index contributed by atoms with van der Waals surface area (Å²) in [4.78, 5) is 19.9. The topological polar surface area (TPSA) is 59.2 Å². The summed E-state index contributed by atoms with van der Waals surface area (Å²) in [6.45, 7) is 4.75. The predicted molar refractivity (Wildman–Crippen MR) is 101 cm³/mol. The average Bonchev–Trinajstić information content (AvgIpc) is 2.98. The van der Waals surface area contributed by atoms with E-state index in [2.05, 4.69) is 15.0 Å². The molecule has 26 heavy (non-hydrogen) atoms. The summed E-state index contributed by atoms with van der Waals surface area (Å²) in [5, 5.41) is 4.81. The highest BCUT2D eigenvalue weighted by Crippen LogP contribution is 2.44. The Morgan fingerprint density at radius 3 is 2.73 bits per heavy atom. The molecule has 3 heterocycles. The fourth-order valence-electron chi connectivity index (χ4n) is 4.25. The second-order valence-electron chi connectivity index (χ2n) is 7.44. The quantitative estimate of drug-likeness (QED) is 0.739. The summed E-state index contributed by atoms with van der Waals surface area (Å²) < 4.78 is 5.24. The third-order valence-corrected chi connectivity index (χ3v) is 6.97. The van der Waals surface area contributed by atoms with E-state index in [1.807, 2.05) is 26.0 Å². The summed E-state index contributed by atoms with van der Waals surface area (Å²) in [6.07, 6.45) is 9.00. The maximum atomic E-state index is 13.3. The summed E-state index contributed by atoms with van der Waals surface area (Å²) in [5.41, 5.74) is 2.85. The third-order valence-electron chi connectivity index (χ3n) is 5.94. The van der Waals surface area contributed by atoms with Gasteiger partial charge in [-0.15, -0.1) is 11.8 Å². The van der Waals surface area contributed by atoms with Crippen LogP contribution in [0.5, 0.6) is 0 Å². The second kappa shape index (κ2) is 7.06. The Morgan fingerprint density at radius 1 is 1.27 bits per heavy atom. The van der Waals surface area contributed by atoms with Crippen molar-refractivity contribution in [3.05, 3.63) is 40.9 Å². The highest BCUT2D eigenvalue weighted by atomic mass is 32.2. The van der Waals surface area contributed by atoms with Crippen LogP contribution in [0.4, 0.5) is 0 Å². The number of carbonyl (C=O) groups is 1. The first-order chi connectivity index (χ1) is 12.6. The van der Waals surface area contributed by atoms with E-state index < -0.39 is 0 Å². The minimum atomic E-state index is 0.120. The Bertz CT molecular complexity index is 792. The fraction of sp³-hybridized carbons (Fsp3) is 0.550. The van der Waals surface area contributed by atoms with Crippen molar-refractivity contribution in [1.82, 2.24) is 15.0 Å². The maximum Gasteiger partial charge on any atom is 0.257 e. The molecule has 6 heteroatoms. The van der Waals surface area contributed by atoms with Crippen molar-refractivity contribution < 1.29 is 9.32 Å². The minimum Gasteiger partial charge on any atom is -0.361 e. The molecule has 2 fully saturated rings. The molecule has 2 aliphatic rings. The normalized spacial score (nSPS) is 18.8. The molecule has 0 unspecified atom stereocenters. The SMILES string of the molecule is Cc1noc(C)c1CSc1ncccc1C(=O)N1CCC12CCCCC2. The Hall–Kier alpha value is -1.82. The van der Waals surface area contributed by atoms with Gasteiger partial charge in [0.05, 0.1) is 11.3 Å². The first-order valence-corrected chi connectivity index (χ1v) is 10.4. The monoisotopic (exact) mass is 371 g/mol. The van der Waals surface area contributed by atoms with E-state index in [0.717, 1.165) is 53.4 Å². The molecule has 1 aliphatic carbocycles. The van der Waals surface area contributed by atoms with E-state index in [1.54, 1.807) is 18.0 Å². The Morgan fingerprint density at radius 2 is 2.08 bits per heavy atom. The van der Waals surface area contributed by atoms with Gasteiger partial charge in [-0.25, -0.2) is 4.98 Å². The van der Waals surface area contributed by atoms with E-state index in [-0.39, 0.29) is 11.4 Å². The maximum absolute atomic E-state index is 13.3. The standard InChI is InChI=1S/C20H25N3O2S/c1-14-17(15(2)25-22-14)13-26-18-16(7-6-11-21-18)19(24)23-12-10-20(23)8-4-3-5-9-20/h6-7,11H,3-5,8-10,12-13H2,1-2H3. The lowest BCUT2D eigenvalue weighted by Crippen LogP contribution is -2.62. The van der Waals surface area contributed by atoms with Gasteiger partial charge in [0.15, 0.2) is 0 Å². The molecule has 1 amide bonds. The molecule has 138 valence electrons. The molecule has 2 aromatic heterocycles. The molecule has 0 N–H and O–H groups in total. The van der Waals surface area contributed by atoms with E-state index >= 15 is 0 Å². The highest BCUT2D eigenvalue weighted by Gasteiger charge is 2.47.